The summed E-state index contributed by atoms with van der Waals surface area (Å²) in [6.45, 7) is 4.37. The number of methoxy groups -OCH3 is 1. The highest BCUT2D eigenvalue weighted by atomic mass is 16.5. The minimum Gasteiger partial charge on any atom is -0.497 e. The van der Waals surface area contributed by atoms with E-state index in [-0.39, 0.29) is 5.41 Å². The van der Waals surface area contributed by atoms with Gasteiger partial charge in [-0.25, -0.2) is 0 Å². The molecule has 2 aliphatic carbocycles. The summed E-state index contributed by atoms with van der Waals surface area (Å²) in [5.41, 5.74) is 2.67. The maximum Gasteiger partial charge on any atom is 0.314 e. The Kier molecular flexibility index (Phi) is 3.12. The summed E-state index contributed by atoms with van der Waals surface area (Å²) in [6.07, 6.45) is 5.33. The fourth-order valence-corrected chi connectivity index (χ4v) is 3.71. The third kappa shape index (κ3) is 2.15. The van der Waals surface area contributed by atoms with Crippen molar-refractivity contribution in [2.24, 2.45) is 10.8 Å². The molecule has 0 fully saturated rings. The second-order valence-corrected chi connectivity index (χ2v) is 6.96. The van der Waals surface area contributed by atoms with Gasteiger partial charge in [0.15, 0.2) is 0 Å². The van der Waals surface area contributed by atoms with Crippen LogP contribution in [0.2, 0.25) is 0 Å². The third-order valence-electron chi connectivity index (χ3n) is 5.08. The molecular formula is C18H22O3. The number of ether oxygens (including phenoxy) is 1. The van der Waals surface area contributed by atoms with Crippen LogP contribution in [-0.2, 0) is 11.2 Å². The number of allylic oxidation sites excluding steroid dienone is 1. The first-order chi connectivity index (χ1) is 9.88. The zero-order chi connectivity index (χ0) is 15.3. The molecule has 0 spiro atoms. The van der Waals surface area contributed by atoms with E-state index in [9.17, 15) is 9.90 Å². The highest BCUT2D eigenvalue weighted by molar-refractivity contribution is 5.94. The number of carboxylic acids is 1. The van der Waals surface area contributed by atoms with Crippen LogP contribution in [0.4, 0.5) is 0 Å². The van der Waals surface area contributed by atoms with E-state index in [1.807, 2.05) is 18.2 Å². The van der Waals surface area contributed by atoms with Crippen LogP contribution in [-0.4, -0.2) is 18.2 Å². The summed E-state index contributed by atoms with van der Waals surface area (Å²) in [4.78, 5) is 12.0. The monoisotopic (exact) mass is 286 g/mol. The van der Waals surface area contributed by atoms with Gasteiger partial charge in [0.1, 0.15) is 5.75 Å². The SMILES string of the molecule is COc1ccc2c(c1)CCC1(C(=O)O)CCC(C)(C)C=C21. The maximum absolute atomic E-state index is 12.0. The van der Waals surface area contributed by atoms with Crippen molar-refractivity contribution in [2.45, 2.75) is 39.5 Å². The molecule has 3 heteroatoms. The van der Waals surface area contributed by atoms with Gasteiger partial charge in [0.05, 0.1) is 12.5 Å². The summed E-state index contributed by atoms with van der Waals surface area (Å²) in [7, 11) is 1.66. The first kappa shape index (κ1) is 14.2. The Morgan fingerprint density at radius 1 is 1.24 bits per heavy atom. The van der Waals surface area contributed by atoms with Crippen molar-refractivity contribution in [3.63, 3.8) is 0 Å². The Morgan fingerprint density at radius 2 is 2.00 bits per heavy atom. The Balaban J connectivity index is 2.19. The van der Waals surface area contributed by atoms with Gasteiger partial charge < -0.3 is 9.84 Å². The van der Waals surface area contributed by atoms with E-state index in [1.165, 1.54) is 5.56 Å². The zero-order valence-corrected chi connectivity index (χ0v) is 12.9. The number of aryl methyl sites for hydroxylation is 1. The lowest BCUT2D eigenvalue weighted by molar-refractivity contribution is -0.146. The van der Waals surface area contributed by atoms with E-state index in [2.05, 4.69) is 19.9 Å². The van der Waals surface area contributed by atoms with Gasteiger partial charge in [0, 0.05) is 0 Å². The molecular weight excluding hydrogens is 264 g/mol. The molecule has 3 nitrogen and oxygen atoms in total. The molecule has 1 unspecified atom stereocenters. The van der Waals surface area contributed by atoms with Gasteiger partial charge in [-0.1, -0.05) is 26.0 Å². The largest absolute Gasteiger partial charge is 0.497 e. The van der Waals surface area contributed by atoms with E-state index in [0.29, 0.717) is 6.42 Å². The molecule has 0 saturated carbocycles. The number of carbonyl (C=O) groups is 1. The van der Waals surface area contributed by atoms with Crippen LogP contribution < -0.4 is 4.74 Å². The molecule has 1 aromatic carbocycles. The first-order valence-electron chi connectivity index (χ1n) is 7.52. The standard InChI is InChI=1S/C18H22O3/c1-17(2)8-9-18(16(19)20)7-6-12-10-13(21-3)4-5-14(12)15(18)11-17/h4-5,10-11H,6-9H2,1-3H3,(H,19,20). The topological polar surface area (TPSA) is 46.5 Å². The second kappa shape index (κ2) is 4.62. The number of aliphatic carboxylic acids is 1. The number of hydrogen-bond acceptors (Lipinski definition) is 2. The molecule has 0 aliphatic heterocycles. The number of carboxylic acid groups (broad SMARTS) is 1. The molecule has 0 saturated heterocycles. The summed E-state index contributed by atoms with van der Waals surface area (Å²) in [6, 6.07) is 6.00. The molecule has 0 radical (unpaired) electrons. The van der Waals surface area contributed by atoms with Crippen LogP contribution in [0.3, 0.4) is 0 Å². The Bertz CT molecular complexity index is 627. The minimum absolute atomic E-state index is 0.0584. The minimum atomic E-state index is -0.697. The summed E-state index contributed by atoms with van der Waals surface area (Å²) >= 11 is 0. The molecule has 0 heterocycles. The predicted octanol–water partition coefficient (Wildman–Crippen LogP) is 3.92. The third-order valence-corrected chi connectivity index (χ3v) is 5.08. The highest BCUT2D eigenvalue weighted by Gasteiger charge is 2.48. The quantitative estimate of drug-likeness (QED) is 0.896. The van der Waals surface area contributed by atoms with Crippen LogP contribution in [0.25, 0.3) is 5.57 Å². The van der Waals surface area contributed by atoms with E-state index < -0.39 is 11.4 Å². The van der Waals surface area contributed by atoms with Gasteiger partial charge in [-0.15, -0.1) is 0 Å². The van der Waals surface area contributed by atoms with Gasteiger partial charge in [0.25, 0.3) is 0 Å². The summed E-state index contributed by atoms with van der Waals surface area (Å²) in [5.74, 6) is 0.165. The average Bonchev–Trinajstić information content (AvgIpc) is 2.45. The molecule has 0 aromatic heterocycles. The maximum atomic E-state index is 12.0. The van der Waals surface area contributed by atoms with E-state index in [1.54, 1.807) is 7.11 Å². The second-order valence-electron chi connectivity index (χ2n) is 6.96. The van der Waals surface area contributed by atoms with Crippen molar-refractivity contribution in [1.29, 1.82) is 0 Å². The Morgan fingerprint density at radius 3 is 2.67 bits per heavy atom. The lowest BCUT2D eigenvalue weighted by Crippen LogP contribution is -2.40. The molecule has 2 aliphatic rings. The average molecular weight is 286 g/mol. The van der Waals surface area contributed by atoms with Gasteiger partial charge in [-0.3, -0.25) is 4.79 Å². The first-order valence-corrected chi connectivity index (χ1v) is 7.52. The fraction of sp³-hybridized carbons (Fsp3) is 0.500. The van der Waals surface area contributed by atoms with Crippen molar-refractivity contribution < 1.29 is 14.6 Å². The zero-order valence-electron chi connectivity index (χ0n) is 12.9. The van der Waals surface area contributed by atoms with Gasteiger partial charge in [-0.05, 0) is 59.9 Å². The molecule has 1 N–H and O–H groups in total. The molecule has 0 bridgehead atoms. The van der Waals surface area contributed by atoms with Crippen molar-refractivity contribution in [1.82, 2.24) is 0 Å². The van der Waals surface area contributed by atoms with E-state index in [4.69, 9.17) is 4.74 Å². The predicted molar refractivity (Wildman–Crippen MR) is 82.4 cm³/mol. The Labute approximate surface area is 125 Å². The Hall–Kier alpha value is -1.77. The van der Waals surface area contributed by atoms with Crippen LogP contribution in [0, 0.1) is 10.8 Å². The lowest BCUT2D eigenvalue weighted by Gasteiger charge is -2.44. The van der Waals surface area contributed by atoms with Gasteiger partial charge in [-0.2, -0.15) is 0 Å². The van der Waals surface area contributed by atoms with E-state index in [0.717, 1.165) is 36.1 Å². The number of rotatable bonds is 2. The fourth-order valence-electron chi connectivity index (χ4n) is 3.71. The molecule has 0 amide bonds. The normalized spacial score (nSPS) is 26.3. The number of fused-ring (bicyclic) bond motifs is 3. The van der Waals surface area contributed by atoms with Crippen molar-refractivity contribution in [2.75, 3.05) is 7.11 Å². The van der Waals surface area contributed by atoms with Crippen molar-refractivity contribution >= 4 is 11.5 Å². The highest BCUT2D eigenvalue weighted by Crippen LogP contribution is 2.54. The molecule has 3 rings (SSSR count). The number of benzene rings is 1. The van der Waals surface area contributed by atoms with Crippen LogP contribution in [0.15, 0.2) is 24.3 Å². The van der Waals surface area contributed by atoms with E-state index >= 15 is 0 Å². The van der Waals surface area contributed by atoms with Crippen LogP contribution >= 0.6 is 0 Å². The van der Waals surface area contributed by atoms with Gasteiger partial charge >= 0.3 is 5.97 Å². The van der Waals surface area contributed by atoms with Crippen molar-refractivity contribution in [3.8, 4) is 5.75 Å². The van der Waals surface area contributed by atoms with Crippen molar-refractivity contribution in [3.05, 3.63) is 35.4 Å². The summed E-state index contributed by atoms with van der Waals surface area (Å²) < 4.78 is 5.29. The molecule has 1 atom stereocenters. The summed E-state index contributed by atoms with van der Waals surface area (Å²) in [5, 5.41) is 9.86. The smallest absolute Gasteiger partial charge is 0.314 e. The molecule has 21 heavy (non-hydrogen) atoms. The molecule has 112 valence electrons. The number of hydrogen-bond donors (Lipinski definition) is 1. The lowest BCUT2D eigenvalue weighted by atomic mass is 9.59. The molecule has 1 aromatic rings. The van der Waals surface area contributed by atoms with Crippen LogP contribution in [0.5, 0.6) is 5.75 Å². The van der Waals surface area contributed by atoms with Gasteiger partial charge in [0.2, 0.25) is 0 Å². The van der Waals surface area contributed by atoms with Crippen LogP contribution in [0.1, 0.15) is 44.2 Å².